The highest BCUT2D eigenvalue weighted by Gasteiger charge is 2.19. The predicted octanol–water partition coefficient (Wildman–Crippen LogP) is 2.78. The van der Waals surface area contributed by atoms with E-state index < -0.39 is 14.3 Å². The quantitative estimate of drug-likeness (QED) is 0.802. The van der Waals surface area contributed by atoms with Crippen LogP contribution in [0.15, 0.2) is 24.3 Å². The van der Waals surface area contributed by atoms with E-state index in [1.54, 1.807) is 19.2 Å². The van der Waals surface area contributed by atoms with E-state index in [1.165, 1.54) is 5.56 Å². The fourth-order valence-electron chi connectivity index (χ4n) is 1.36. The number of rotatable bonds is 5. The van der Waals surface area contributed by atoms with Gasteiger partial charge in [0, 0.05) is 7.11 Å². The molecule has 16 heavy (non-hydrogen) atoms. The molecule has 0 amide bonds. The average molecular weight is 238 g/mol. The molecule has 0 saturated carbocycles. The predicted molar refractivity (Wildman–Crippen MR) is 66.4 cm³/mol. The van der Waals surface area contributed by atoms with Crippen LogP contribution < -0.4 is 0 Å². The number of carboxylic acids is 1. The van der Waals surface area contributed by atoms with E-state index >= 15 is 0 Å². The molecule has 0 spiro atoms. The average Bonchev–Trinajstić information content (AvgIpc) is 2.27. The van der Waals surface area contributed by atoms with Crippen LogP contribution in [0, 0.1) is 0 Å². The molecular weight excluding hydrogens is 220 g/mol. The molecule has 0 saturated heterocycles. The van der Waals surface area contributed by atoms with E-state index in [4.69, 9.17) is 9.53 Å². The van der Waals surface area contributed by atoms with Gasteiger partial charge >= 0.3 is 5.97 Å². The van der Waals surface area contributed by atoms with Crippen LogP contribution in [0.2, 0.25) is 19.1 Å². The molecule has 0 bridgehead atoms. The first-order valence-electron chi connectivity index (χ1n) is 5.32. The molecule has 0 aliphatic heterocycles. The summed E-state index contributed by atoms with van der Waals surface area (Å²) >= 11 is 0. The first-order valence-corrected chi connectivity index (χ1v) is 8.43. The third-order valence-electron chi connectivity index (χ3n) is 2.77. The number of aryl methyl sites for hydroxylation is 1. The Balaban J connectivity index is 2.59. The largest absolute Gasteiger partial charge is 0.478 e. The highest BCUT2D eigenvalue weighted by Crippen LogP contribution is 2.15. The van der Waals surface area contributed by atoms with Gasteiger partial charge in [-0.25, -0.2) is 4.79 Å². The first kappa shape index (κ1) is 12.9. The van der Waals surface area contributed by atoms with Crippen molar-refractivity contribution in [2.45, 2.75) is 25.6 Å². The van der Waals surface area contributed by atoms with Crippen LogP contribution in [-0.4, -0.2) is 26.5 Å². The van der Waals surface area contributed by atoms with Crippen molar-refractivity contribution in [1.82, 2.24) is 0 Å². The summed E-state index contributed by atoms with van der Waals surface area (Å²) in [6.45, 7) is 4.36. The third-order valence-corrected chi connectivity index (χ3v) is 5.33. The molecule has 4 heteroatoms. The Hall–Kier alpha value is -1.13. The molecule has 0 fully saturated rings. The SMILES string of the molecule is CO[Si](C)(C)CCc1ccc(C(=O)O)cc1. The standard InChI is InChI=1S/C12H18O3Si/c1-15-16(2,3)9-8-10-4-6-11(7-5-10)12(13)14/h4-7H,8-9H2,1-3H3,(H,13,14). The van der Waals surface area contributed by atoms with Gasteiger partial charge in [-0.05, 0) is 43.3 Å². The molecule has 0 aromatic heterocycles. The van der Waals surface area contributed by atoms with Gasteiger partial charge in [0.15, 0.2) is 8.32 Å². The van der Waals surface area contributed by atoms with E-state index in [0.29, 0.717) is 5.56 Å². The number of carbonyl (C=O) groups is 1. The number of benzene rings is 1. The van der Waals surface area contributed by atoms with Crippen LogP contribution in [0.1, 0.15) is 15.9 Å². The lowest BCUT2D eigenvalue weighted by Gasteiger charge is -2.19. The summed E-state index contributed by atoms with van der Waals surface area (Å²) in [5.74, 6) is -0.877. The van der Waals surface area contributed by atoms with Crippen molar-refractivity contribution in [1.29, 1.82) is 0 Å². The third kappa shape index (κ3) is 3.79. The van der Waals surface area contributed by atoms with Crippen LogP contribution in [-0.2, 0) is 10.8 Å². The molecule has 0 atom stereocenters. The van der Waals surface area contributed by atoms with E-state index in [0.717, 1.165) is 12.5 Å². The van der Waals surface area contributed by atoms with Gasteiger partial charge in [0.1, 0.15) is 0 Å². The topological polar surface area (TPSA) is 46.5 Å². The molecule has 88 valence electrons. The van der Waals surface area contributed by atoms with Crippen LogP contribution in [0.3, 0.4) is 0 Å². The lowest BCUT2D eigenvalue weighted by Crippen LogP contribution is -2.28. The van der Waals surface area contributed by atoms with Crippen LogP contribution in [0.25, 0.3) is 0 Å². The van der Waals surface area contributed by atoms with Gasteiger partial charge < -0.3 is 9.53 Å². The van der Waals surface area contributed by atoms with Gasteiger partial charge in [-0.15, -0.1) is 0 Å². The highest BCUT2D eigenvalue weighted by atomic mass is 28.4. The molecule has 1 aromatic rings. The van der Waals surface area contributed by atoms with Gasteiger partial charge in [-0.1, -0.05) is 12.1 Å². The maximum atomic E-state index is 10.7. The summed E-state index contributed by atoms with van der Waals surface area (Å²) in [7, 11) is 0.252. The maximum Gasteiger partial charge on any atom is 0.335 e. The zero-order chi connectivity index (χ0) is 12.2. The molecule has 0 aliphatic carbocycles. The number of hydrogen-bond donors (Lipinski definition) is 1. The lowest BCUT2D eigenvalue weighted by molar-refractivity contribution is 0.0697. The summed E-state index contributed by atoms with van der Waals surface area (Å²) in [5, 5.41) is 8.76. The minimum Gasteiger partial charge on any atom is -0.478 e. The Kier molecular flexibility index (Phi) is 4.26. The molecule has 1 N–H and O–H groups in total. The first-order chi connectivity index (χ1) is 7.44. The van der Waals surface area contributed by atoms with Crippen molar-refractivity contribution in [2.24, 2.45) is 0 Å². The molecular formula is C12H18O3Si. The highest BCUT2D eigenvalue weighted by molar-refractivity contribution is 6.71. The number of carboxylic acid groups (broad SMARTS) is 1. The lowest BCUT2D eigenvalue weighted by atomic mass is 10.1. The van der Waals surface area contributed by atoms with Crippen LogP contribution in [0.4, 0.5) is 0 Å². The molecule has 1 rings (SSSR count). The van der Waals surface area contributed by atoms with Crippen molar-refractivity contribution in [3.8, 4) is 0 Å². The second-order valence-corrected chi connectivity index (χ2v) is 8.89. The normalized spacial score (nSPS) is 11.4. The van der Waals surface area contributed by atoms with E-state index in [2.05, 4.69) is 13.1 Å². The molecule has 1 aromatic carbocycles. The minimum atomic E-state index is -1.51. The summed E-state index contributed by atoms with van der Waals surface area (Å²) in [6.07, 6.45) is 0.951. The number of aromatic carboxylic acids is 1. The number of hydrogen-bond acceptors (Lipinski definition) is 2. The van der Waals surface area contributed by atoms with E-state index in [9.17, 15) is 4.79 Å². The second kappa shape index (κ2) is 5.27. The van der Waals surface area contributed by atoms with Crippen molar-refractivity contribution in [2.75, 3.05) is 7.11 Å². The summed E-state index contributed by atoms with van der Waals surface area (Å²) < 4.78 is 5.47. The Morgan fingerprint density at radius 2 is 1.88 bits per heavy atom. The van der Waals surface area contributed by atoms with Crippen LogP contribution in [0.5, 0.6) is 0 Å². The Morgan fingerprint density at radius 3 is 2.31 bits per heavy atom. The van der Waals surface area contributed by atoms with Crippen molar-refractivity contribution in [3.05, 3.63) is 35.4 Å². The smallest absolute Gasteiger partial charge is 0.335 e. The van der Waals surface area contributed by atoms with Gasteiger partial charge in [-0.2, -0.15) is 0 Å². The van der Waals surface area contributed by atoms with Gasteiger partial charge in [0.2, 0.25) is 0 Å². The fourth-order valence-corrected chi connectivity index (χ4v) is 2.46. The monoisotopic (exact) mass is 238 g/mol. The molecule has 3 nitrogen and oxygen atoms in total. The van der Waals surface area contributed by atoms with E-state index in [1.807, 2.05) is 12.1 Å². The molecule has 0 unspecified atom stereocenters. The Labute approximate surface area is 97.2 Å². The van der Waals surface area contributed by atoms with Crippen molar-refractivity contribution < 1.29 is 14.3 Å². The summed E-state index contributed by atoms with van der Waals surface area (Å²) in [6, 6.07) is 8.11. The maximum absolute atomic E-state index is 10.7. The van der Waals surface area contributed by atoms with E-state index in [-0.39, 0.29) is 0 Å². The molecule has 0 radical (unpaired) electrons. The summed E-state index contributed by atoms with van der Waals surface area (Å²) in [5.41, 5.74) is 1.51. The zero-order valence-electron chi connectivity index (χ0n) is 9.99. The second-order valence-electron chi connectivity index (χ2n) is 4.47. The van der Waals surface area contributed by atoms with Gasteiger partial charge in [-0.3, -0.25) is 0 Å². The zero-order valence-corrected chi connectivity index (χ0v) is 11.0. The van der Waals surface area contributed by atoms with Crippen LogP contribution >= 0.6 is 0 Å². The van der Waals surface area contributed by atoms with Crippen molar-refractivity contribution in [3.63, 3.8) is 0 Å². The van der Waals surface area contributed by atoms with Crippen molar-refractivity contribution >= 4 is 14.3 Å². The molecule has 0 heterocycles. The van der Waals surface area contributed by atoms with Gasteiger partial charge in [0.25, 0.3) is 0 Å². The minimum absolute atomic E-state index is 0.340. The fraction of sp³-hybridized carbons (Fsp3) is 0.417. The Bertz CT molecular complexity index is 357. The van der Waals surface area contributed by atoms with Gasteiger partial charge in [0.05, 0.1) is 5.56 Å². The Morgan fingerprint density at radius 1 is 1.31 bits per heavy atom. The molecule has 0 aliphatic rings. The summed E-state index contributed by atoms with van der Waals surface area (Å²) in [4.78, 5) is 10.7.